The Morgan fingerprint density at radius 1 is 1.14 bits per heavy atom. The number of rotatable bonds is 6. The summed E-state index contributed by atoms with van der Waals surface area (Å²) in [5.41, 5.74) is 2.88. The molecule has 0 saturated heterocycles. The van der Waals surface area contributed by atoms with Crippen LogP contribution in [0.3, 0.4) is 0 Å². The summed E-state index contributed by atoms with van der Waals surface area (Å²) in [5, 5.41) is 4.65. The number of amides is 1. The van der Waals surface area contributed by atoms with Gasteiger partial charge in [-0.05, 0) is 55.3 Å². The Morgan fingerprint density at radius 2 is 1.89 bits per heavy atom. The highest BCUT2D eigenvalue weighted by Gasteiger charge is 2.17. The second-order valence-electron chi connectivity index (χ2n) is 7.19. The average Bonchev–Trinajstić information content (AvgIpc) is 3.15. The number of fused-ring (bicyclic) bond motifs is 1. The largest absolute Gasteiger partial charge is 0.352 e. The second kappa shape index (κ2) is 8.14. The lowest BCUT2D eigenvalue weighted by Crippen LogP contribution is -2.43. The lowest BCUT2D eigenvalue weighted by atomic mass is 10.1. The summed E-state index contributed by atoms with van der Waals surface area (Å²) in [4.78, 5) is 38.4. The molecule has 28 heavy (non-hydrogen) atoms. The van der Waals surface area contributed by atoms with Gasteiger partial charge in [-0.1, -0.05) is 25.1 Å². The van der Waals surface area contributed by atoms with Gasteiger partial charge in [0.25, 0.3) is 5.56 Å². The van der Waals surface area contributed by atoms with Crippen molar-refractivity contribution >= 4 is 27.5 Å². The fourth-order valence-electron chi connectivity index (χ4n) is 3.08. The van der Waals surface area contributed by atoms with E-state index in [-0.39, 0.29) is 30.6 Å². The smallest absolute Gasteiger partial charge is 0.332 e. The van der Waals surface area contributed by atoms with E-state index in [0.29, 0.717) is 10.2 Å². The maximum atomic E-state index is 13.1. The van der Waals surface area contributed by atoms with Crippen LogP contribution in [0.2, 0.25) is 0 Å². The van der Waals surface area contributed by atoms with Crippen LogP contribution in [0.4, 0.5) is 0 Å². The molecular weight excluding hydrogens is 374 g/mol. The van der Waals surface area contributed by atoms with Crippen LogP contribution in [0.25, 0.3) is 10.2 Å². The maximum Gasteiger partial charge on any atom is 0.332 e. The van der Waals surface area contributed by atoms with Gasteiger partial charge in [-0.15, -0.1) is 11.3 Å². The Labute approximate surface area is 167 Å². The molecule has 1 amide bonds. The lowest BCUT2D eigenvalue weighted by Gasteiger charge is -2.15. The van der Waals surface area contributed by atoms with Crippen LogP contribution < -0.4 is 16.6 Å². The number of benzene rings is 1. The minimum Gasteiger partial charge on any atom is -0.352 e. The minimum atomic E-state index is -0.464. The van der Waals surface area contributed by atoms with Crippen molar-refractivity contribution in [2.24, 2.45) is 0 Å². The molecule has 0 bridgehead atoms. The first kappa shape index (κ1) is 20.1. The summed E-state index contributed by atoms with van der Waals surface area (Å²) in [5.74, 6) is -0.236. The first-order valence-electron chi connectivity index (χ1n) is 9.38. The molecule has 0 radical (unpaired) electrons. The zero-order valence-corrected chi connectivity index (χ0v) is 17.4. The molecule has 0 fully saturated rings. The first-order valence-corrected chi connectivity index (χ1v) is 10.3. The summed E-state index contributed by atoms with van der Waals surface area (Å²) >= 11 is 1.29. The molecule has 0 aliphatic carbocycles. The summed E-state index contributed by atoms with van der Waals surface area (Å²) in [7, 11) is 0. The quantitative estimate of drug-likeness (QED) is 0.693. The number of nitrogens with zero attached hydrogens (tertiary/aromatic N) is 2. The number of hydrogen-bond acceptors (Lipinski definition) is 4. The third-order valence-corrected chi connectivity index (χ3v) is 5.96. The Kier molecular flexibility index (Phi) is 5.84. The highest BCUT2D eigenvalue weighted by Crippen LogP contribution is 2.16. The number of carbonyl (C=O) groups is 1. The van der Waals surface area contributed by atoms with E-state index >= 15 is 0 Å². The number of nitrogens with one attached hydrogen (secondary N) is 1. The molecule has 0 saturated carbocycles. The fraction of sp³-hybridized carbons (Fsp3) is 0.381. The van der Waals surface area contributed by atoms with Crippen molar-refractivity contribution in [1.82, 2.24) is 14.5 Å². The van der Waals surface area contributed by atoms with E-state index < -0.39 is 5.69 Å². The zero-order chi connectivity index (χ0) is 20.4. The van der Waals surface area contributed by atoms with Crippen LogP contribution in [-0.4, -0.2) is 21.1 Å². The van der Waals surface area contributed by atoms with Crippen molar-refractivity contribution in [1.29, 1.82) is 0 Å². The Morgan fingerprint density at radius 3 is 2.57 bits per heavy atom. The Hall–Kier alpha value is -2.67. The maximum absolute atomic E-state index is 13.1. The van der Waals surface area contributed by atoms with E-state index in [1.807, 2.05) is 45.9 Å². The molecule has 0 unspecified atom stereocenters. The van der Waals surface area contributed by atoms with Crippen LogP contribution in [0.15, 0.2) is 39.2 Å². The van der Waals surface area contributed by atoms with Crippen LogP contribution in [0.5, 0.6) is 0 Å². The topological polar surface area (TPSA) is 73.1 Å². The molecule has 3 rings (SSSR count). The standard InChI is InChI=1S/C21H25N3O3S/c1-5-15(4)22-18(25)12-23-17-8-9-28-19(17)20(26)24(21(23)27)11-16-7-6-13(2)14(3)10-16/h6-10,15H,5,11-12H2,1-4H3,(H,22,25)/t15-/m1/s1. The summed E-state index contributed by atoms with van der Waals surface area (Å²) < 4.78 is 3.10. The molecule has 0 aliphatic heterocycles. The normalized spacial score (nSPS) is 12.3. The molecule has 2 heterocycles. The third-order valence-electron chi connectivity index (χ3n) is 5.07. The van der Waals surface area contributed by atoms with Crippen LogP contribution in [-0.2, 0) is 17.9 Å². The lowest BCUT2D eigenvalue weighted by molar-refractivity contribution is -0.122. The highest BCUT2D eigenvalue weighted by molar-refractivity contribution is 7.17. The number of aromatic nitrogens is 2. The van der Waals surface area contributed by atoms with Gasteiger partial charge in [0.2, 0.25) is 5.91 Å². The van der Waals surface area contributed by atoms with Gasteiger partial charge in [-0.25, -0.2) is 4.79 Å². The van der Waals surface area contributed by atoms with Crippen molar-refractivity contribution in [2.45, 2.75) is 53.2 Å². The van der Waals surface area contributed by atoms with Gasteiger partial charge in [0.1, 0.15) is 11.2 Å². The van der Waals surface area contributed by atoms with Crippen LogP contribution in [0.1, 0.15) is 37.0 Å². The molecule has 0 spiro atoms. The Balaban J connectivity index is 2.06. The monoisotopic (exact) mass is 399 g/mol. The summed E-state index contributed by atoms with van der Waals surface area (Å²) in [6.45, 7) is 8.00. The van der Waals surface area contributed by atoms with Gasteiger partial charge in [0.15, 0.2) is 0 Å². The van der Waals surface area contributed by atoms with Crippen LogP contribution >= 0.6 is 11.3 Å². The molecule has 1 aromatic carbocycles. The van der Waals surface area contributed by atoms with Crippen LogP contribution in [0, 0.1) is 13.8 Å². The van der Waals surface area contributed by atoms with Crippen molar-refractivity contribution in [3.8, 4) is 0 Å². The number of aryl methyl sites for hydroxylation is 2. The van der Waals surface area contributed by atoms with E-state index in [2.05, 4.69) is 5.32 Å². The van der Waals surface area contributed by atoms with Gasteiger partial charge in [-0.3, -0.25) is 18.7 Å². The van der Waals surface area contributed by atoms with Gasteiger partial charge >= 0.3 is 5.69 Å². The molecule has 3 aromatic rings. The number of hydrogen-bond donors (Lipinski definition) is 1. The highest BCUT2D eigenvalue weighted by atomic mass is 32.1. The zero-order valence-electron chi connectivity index (χ0n) is 16.6. The first-order chi connectivity index (χ1) is 13.3. The van der Waals surface area contributed by atoms with Gasteiger partial charge in [0, 0.05) is 6.04 Å². The second-order valence-corrected chi connectivity index (χ2v) is 8.11. The summed E-state index contributed by atoms with van der Waals surface area (Å²) in [6.07, 6.45) is 0.806. The third kappa shape index (κ3) is 3.94. The van der Waals surface area contributed by atoms with E-state index in [1.165, 1.54) is 20.5 Å². The predicted molar refractivity (Wildman–Crippen MR) is 113 cm³/mol. The van der Waals surface area contributed by atoms with E-state index in [0.717, 1.165) is 23.1 Å². The van der Waals surface area contributed by atoms with E-state index in [9.17, 15) is 14.4 Å². The predicted octanol–water partition coefficient (Wildman–Crippen LogP) is 2.80. The summed E-state index contributed by atoms with van der Waals surface area (Å²) in [6, 6.07) is 7.65. The number of thiophene rings is 1. The SMILES string of the molecule is CC[C@@H](C)NC(=O)Cn1c(=O)n(Cc2ccc(C)c(C)c2)c(=O)c2sccc21. The molecule has 1 atom stereocenters. The molecule has 148 valence electrons. The van der Waals surface area contributed by atoms with Crippen molar-refractivity contribution in [3.63, 3.8) is 0 Å². The average molecular weight is 400 g/mol. The molecule has 2 aromatic heterocycles. The van der Waals surface area contributed by atoms with E-state index in [4.69, 9.17) is 0 Å². The van der Waals surface area contributed by atoms with Gasteiger partial charge in [-0.2, -0.15) is 0 Å². The molecule has 0 aliphatic rings. The Bertz CT molecular complexity index is 1140. The van der Waals surface area contributed by atoms with Crippen molar-refractivity contribution < 1.29 is 4.79 Å². The fourth-order valence-corrected chi connectivity index (χ4v) is 3.92. The van der Waals surface area contributed by atoms with Gasteiger partial charge < -0.3 is 5.32 Å². The minimum absolute atomic E-state index is 0.0302. The molecular formula is C21H25N3O3S. The molecule has 1 N–H and O–H groups in total. The number of carbonyl (C=O) groups excluding carboxylic acids is 1. The van der Waals surface area contributed by atoms with E-state index in [1.54, 1.807) is 11.4 Å². The van der Waals surface area contributed by atoms with Gasteiger partial charge in [0.05, 0.1) is 12.1 Å². The molecule has 7 heteroatoms. The van der Waals surface area contributed by atoms with Crippen molar-refractivity contribution in [3.05, 3.63) is 67.2 Å². The molecule has 6 nitrogen and oxygen atoms in total. The van der Waals surface area contributed by atoms with Crippen molar-refractivity contribution in [2.75, 3.05) is 0 Å².